The molecule has 0 saturated heterocycles. The van der Waals surface area contributed by atoms with Crippen LogP contribution in [0.1, 0.15) is 21.0 Å². The van der Waals surface area contributed by atoms with Crippen molar-refractivity contribution in [2.24, 2.45) is 0 Å². The number of carbonyl (C=O) groups is 2. The van der Waals surface area contributed by atoms with Gasteiger partial charge in [0, 0.05) is 34.0 Å². The minimum Gasteiger partial charge on any atom is -0.298 e. The number of fused-ring (bicyclic) bond motifs is 1. The van der Waals surface area contributed by atoms with Crippen LogP contribution in [0.4, 0.5) is 0 Å². The molecule has 0 unspecified atom stereocenters. The average molecular weight is 472 g/mol. The third kappa shape index (κ3) is 3.71. The van der Waals surface area contributed by atoms with Gasteiger partial charge in [-0.3, -0.25) is 14.0 Å². The molecule has 5 aromatic rings. The SMILES string of the molecule is O=Cc1ccc(-c2cccc(-c3cccc(-c4ccn5c(C=O)nnc5c4)c3Cl)c2Cl)cc1. The number of nitrogens with zero attached hydrogens (tertiary/aromatic N) is 3. The van der Waals surface area contributed by atoms with Gasteiger partial charge >= 0.3 is 0 Å². The largest absolute Gasteiger partial charge is 0.298 e. The fourth-order valence-electron chi connectivity index (χ4n) is 3.82. The Kier molecular flexibility index (Phi) is 5.50. The lowest BCUT2D eigenvalue weighted by atomic mass is 9.95. The predicted octanol–water partition coefficient (Wildman–Crippen LogP) is 6.66. The molecule has 0 saturated carbocycles. The highest BCUT2D eigenvalue weighted by Gasteiger charge is 2.16. The van der Waals surface area contributed by atoms with Gasteiger partial charge < -0.3 is 0 Å². The molecule has 0 radical (unpaired) electrons. The maximum atomic E-state index is 11.1. The lowest BCUT2D eigenvalue weighted by molar-refractivity contribution is 0.111. The molecule has 0 spiro atoms. The molecule has 0 N–H and O–H groups in total. The van der Waals surface area contributed by atoms with Crippen LogP contribution in [0, 0.1) is 0 Å². The van der Waals surface area contributed by atoms with Gasteiger partial charge in [0.1, 0.15) is 6.29 Å². The van der Waals surface area contributed by atoms with Gasteiger partial charge in [0.15, 0.2) is 11.9 Å². The zero-order valence-corrected chi connectivity index (χ0v) is 18.6. The fraction of sp³-hybridized carbons (Fsp3) is 0. The summed E-state index contributed by atoms with van der Waals surface area (Å²) in [4.78, 5) is 22.1. The molecular weight excluding hydrogens is 457 g/mol. The first kappa shape index (κ1) is 21.1. The van der Waals surface area contributed by atoms with Gasteiger partial charge in [-0.25, -0.2) is 0 Å². The highest BCUT2D eigenvalue weighted by molar-refractivity contribution is 6.39. The normalized spacial score (nSPS) is 11.0. The van der Waals surface area contributed by atoms with E-state index in [4.69, 9.17) is 23.2 Å². The Morgan fingerprint density at radius 3 is 1.88 bits per heavy atom. The molecule has 0 aliphatic heterocycles. The van der Waals surface area contributed by atoms with E-state index in [2.05, 4.69) is 10.2 Å². The van der Waals surface area contributed by atoms with Crippen LogP contribution in [0.2, 0.25) is 10.0 Å². The lowest BCUT2D eigenvalue weighted by Crippen LogP contribution is -1.93. The second kappa shape index (κ2) is 8.62. The monoisotopic (exact) mass is 471 g/mol. The van der Waals surface area contributed by atoms with Crippen molar-refractivity contribution < 1.29 is 9.59 Å². The summed E-state index contributed by atoms with van der Waals surface area (Å²) in [6, 6.07) is 22.5. The highest BCUT2D eigenvalue weighted by atomic mass is 35.5. The van der Waals surface area contributed by atoms with E-state index in [0.29, 0.717) is 27.5 Å². The number of hydrogen-bond acceptors (Lipinski definition) is 4. The molecule has 5 nitrogen and oxygen atoms in total. The van der Waals surface area contributed by atoms with E-state index in [-0.39, 0.29) is 5.82 Å². The lowest BCUT2D eigenvalue weighted by Gasteiger charge is -2.14. The predicted molar refractivity (Wildman–Crippen MR) is 130 cm³/mol. The average Bonchev–Trinajstić information content (AvgIpc) is 3.27. The van der Waals surface area contributed by atoms with Crippen LogP contribution in [0.5, 0.6) is 0 Å². The zero-order valence-electron chi connectivity index (χ0n) is 17.1. The molecule has 2 aromatic heterocycles. The van der Waals surface area contributed by atoms with Gasteiger partial charge in [-0.15, -0.1) is 10.2 Å². The van der Waals surface area contributed by atoms with E-state index in [1.165, 1.54) is 0 Å². The topological polar surface area (TPSA) is 64.3 Å². The standard InChI is InChI=1S/C26H15Cl2N3O2/c27-25-19(17-9-7-16(14-32)8-10-17)3-1-5-21(25)22-6-2-4-20(26(22)28)18-11-12-31-23(13-18)29-30-24(31)15-33/h1-15H. The fourth-order valence-corrected chi connectivity index (χ4v) is 4.50. The number of aldehydes is 2. The Hall–Kier alpha value is -3.80. The summed E-state index contributed by atoms with van der Waals surface area (Å²) < 4.78 is 1.62. The Morgan fingerprint density at radius 1 is 0.667 bits per heavy atom. The van der Waals surface area contributed by atoms with E-state index in [9.17, 15) is 9.59 Å². The van der Waals surface area contributed by atoms with Crippen molar-refractivity contribution in [3.05, 3.63) is 100 Å². The molecule has 3 aromatic carbocycles. The van der Waals surface area contributed by atoms with Crippen molar-refractivity contribution in [2.45, 2.75) is 0 Å². The molecule has 5 rings (SSSR count). The Morgan fingerprint density at radius 2 is 1.27 bits per heavy atom. The van der Waals surface area contributed by atoms with E-state index < -0.39 is 0 Å². The van der Waals surface area contributed by atoms with Gasteiger partial charge in [-0.2, -0.15) is 0 Å². The van der Waals surface area contributed by atoms with Crippen LogP contribution >= 0.6 is 23.2 Å². The summed E-state index contributed by atoms with van der Waals surface area (Å²) in [5.41, 5.74) is 6.15. The second-order valence-corrected chi connectivity index (χ2v) is 8.15. The zero-order chi connectivity index (χ0) is 22.9. The molecule has 0 bridgehead atoms. The van der Waals surface area contributed by atoms with Crippen molar-refractivity contribution >= 4 is 41.4 Å². The molecule has 33 heavy (non-hydrogen) atoms. The number of benzene rings is 3. The first-order valence-electron chi connectivity index (χ1n) is 10.0. The third-order valence-electron chi connectivity index (χ3n) is 5.50. The quantitative estimate of drug-likeness (QED) is 0.268. The molecule has 160 valence electrons. The van der Waals surface area contributed by atoms with Crippen molar-refractivity contribution in [3.8, 4) is 33.4 Å². The van der Waals surface area contributed by atoms with Crippen molar-refractivity contribution in [1.29, 1.82) is 0 Å². The van der Waals surface area contributed by atoms with Crippen LogP contribution in [-0.2, 0) is 0 Å². The summed E-state index contributed by atoms with van der Waals surface area (Å²) in [6.45, 7) is 0. The first-order chi connectivity index (χ1) is 16.1. The molecular formula is C26H15Cl2N3O2. The second-order valence-electron chi connectivity index (χ2n) is 7.39. The van der Waals surface area contributed by atoms with Crippen molar-refractivity contribution in [1.82, 2.24) is 14.6 Å². The van der Waals surface area contributed by atoms with Crippen LogP contribution in [0.15, 0.2) is 79.0 Å². The Balaban J connectivity index is 1.61. The maximum absolute atomic E-state index is 11.1. The molecule has 0 aliphatic rings. The maximum Gasteiger partial charge on any atom is 0.201 e. The van der Waals surface area contributed by atoms with Crippen LogP contribution in [-0.4, -0.2) is 27.2 Å². The van der Waals surface area contributed by atoms with E-state index >= 15 is 0 Å². The van der Waals surface area contributed by atoms with E-state index in [1.54, 1.807) is 22.7 Å². The van der Waals surface area contributed by atoms with Crippen LogP contribution in [0.25, 0.3) is 39.0 Å². The smallest absolute Gasteiger partial charge is 0.201 e. The number of rotatable bonds is 5. The van der Waals surface area contributed by atoms with Gasteiger partial charge in [0.2, 0.25) is 5.82 Å². The minimum atomic E-state index is 0.237. The third-order valence-corrected chi connectivity index (χ3v) is 6.31. The van der Waals surface area contributed by atoms with E-state index in [0.717, 1.165) is 39.7 Å². The number of aromatic nitrogens is 3. The molecule has 2 heterocycles. The minimum absolute atomic E-state index is 0.237. The van der Waals surface area contributed by atoms with Gasteiger partial charge in [0.05, 0.1) is 10.0 Å². The molecule has 0 amide bonds. The van der Waals surface area contributed by atoms with Crippen LogP contribution < -0.4 is 0 Å². The molecule has 0 aliphatic carbocycles. The number of hydrogen-bond donors (Lipinski definition) is 0. The van der Waals surface area contributed by atoms with Crippen molar-refractivity contribution in [3.63, 3.8) is 0 Å². The molecule has 0 fully saturated rings. The van der Waals surface area contributed by atoms with Gasteiger partial charge in [-0.05, 0) is 23.3 Å². The Bertz CT molecular complexity index is 1530. The number of halogens is 2. The first-order valence-corrected chi connectivity index (χ1v) is 10.8. The Labute approximate surface area is 199 Å². The van der Waals surface area contributed by atoms with Gasteiger partial charge in [-0.1, -0.05) is 83.9 Å². The highest BCUT2D eigenvalue weighted by Crippen LogP contribution is 2.42. The summed E-state index contributed by atoms with van der Waals surface area (Å²) in [6.07, 6.45) is 3.21. The van der Waals surface area contributed by atoms with Crippen molar-refractivity contribution in [2.75, 3.05) is 0 Å². The summed E-state index contributed by atoms with van der Waals surface area (Å²) in [5.74, 6) is 0.237. The summed E-state index contributed by atoms with van der Waals surface area (Å²) >= 11 is 13.7. The van der Waals surface area contributed by atoms with Gasteiger partial charge in [0.25, 0.3) is 0 Å². The number of pyridine rings is 1. The summed E-state index contributed by atoms with van der Waals surface area (Å²) in [7, 11) is 0. The summed E-state index contributed by atoms with van der Waals surface area (Å²) in [5, 5.41) is 9.04. The number of carbonyl (C=O) groups excluding carboxylic acids is 2. The molecule has 0 atom stereocenters. The molecule has 7 heteroatoms. The van der Waals surface area contributed by atoms with Crippen LogP contribution in [0.3, 0.4) is 0 Å². The van der Waals surface area contributed by atoms with E-state index in [1.807, 2.05) is 60.7 Å².